The van der Waals surface area contributed by atoms with Crippen molar-refractivity contribution in [3.8, 4) is 5.75 Å². The summed E-state index contributed by atoms with van der Waals surface area (Å²) in [5.41, 5.74) is 6.60. The smallest absolute Gasteiger partial charge is 0.221 e. The molecule has 1 aromatic carbocycles. The number of primary amides is 1. The number of fused-ring (bicyclic) bond motifs is 1. The van der Waals surface area contributed by atoms with Crippen LogP contribution in [0.4, 0.5) is 0 Å². The highest BCUT2D eigenvalue weighted by Gasteiger charge is 2.09. The number of hydrogen-bond acceptors (Lipinski definition) is 3. The molecule has 0 saturated heterocycles. The topological polar surface area (TPSA) is 65.5 Å². The van der Waals surface area contributed by atoms with Gasteiger partial charge in [0, 0.05) is 10.9 Å². The van der Waals surface area contributed by atoms with Crippen LogP contribution in [0, 0.1) is 0 Å². The fourth-order valence-electron chi connectivity index (χ4n) is 1.56. The molecule has 1 amide bonds. The maximum Gasteiger partial charge on any atom is 0.221 e. The van der Waals surface area contributed by atoms with Gasteiger partial charge in [0.1, 0.15) is 11.3 Å². The molecule has 0 aliphatic rings. The quantitative estimate of drug-likeness (QED) is 0.825. The van der Waals surface area contributed by atoms with Crippen LogP contribution in [0.5, 0.6) is 5.75 Å². The van der Waals surface area contributed by atoms with Crippen LogP contribution >= 0.6 is 0 Å². The van der Waals surface area contributed by atoms with E-state index < -0.39 is 0 Å². The normalized spacial score (nSPS) is 10.5. The van der Waals surface area contributed by atoms with Crippen molar-refractivity contribution in [1.82, 2.24) is 0 Å². The summed E-state index contributed by atoms with van der Waals surface area (Å²) in [6.07, 6.45) is 1.73. The molecule has 1 aromatic heterocycles. The minimum Gasteiger partial charge on any atom is -0.497 e. The minimum atomic E-state index is -0.388. The Bertz CT molecular complexity index is 502. The van der Waals surface area contributed by atoms with Crippen LogP contribution in [0.3, 0.4) is 0 Å². The van der Waals surface area contributed by atoms with Crippen LogP contribution in [0.1, 0.15) is 5.56 Å². The molecule has 2 rings (SSSR count). The zero-order valence-corrected chi connectivity index (χ0v) is 8.32. The van der Waals surface area contributed by atoms with E-state index in [0.717, 1.165) is 10.9 Å². The number of benzene rings is 1. The number of amides is 1. The van der Waals surface area contributed by atoms with Gasteiger partial charge >= 0.3 is 0 Å². The van der Waals surface area contributed by atoms with E-state index in [1.54, 1.807) is 19.4 Å². The molecule has 0 spiro atoms. The first-order valence-electron chi connectivity index (χ1n) is 4.53. The number of ether oxygens (including phenoxy) is 1. The maximum absolute atomic E-state index is 10.9. The number of furan rings is 1. The van der Waals surface area contributed by atoms with Crippen molar-refractivity contribution in [3.05, 3.63) is 30.0 Å². The molecule has 0 fully saturated rings. The SMILES string of the molecule is COc1cc(CC(N)=O)c2occc2c1. The lowest BCUT2D eigenvalue weighted by atomic mass is 10.1. The number of carbonyl (C=O) groups is 1. The molecule has 0 saturated carbocycles. The Balaban J connectivity index is 2.57. The fourth-order valence-corrected chi connectivity index (χ4v) is 1.56. The van der Waals surface area contributed by atoms with Crippen molar-refractivity contribution < 1.29 is 13.9 Å². The zero-order chi connectivity index (χ0) is 10.8. The van der Waals surface area contributed by atoms with Crippen LogP contribution < -0.4 is 10.5 Å². The van der Waals surface area contributed by atoms with Gasteiger partial charge in [0.05, 0.1) is 19.8 Å². The summed E-state index contributed by atoms with van der Waals surface area (Å²) in [7, 11) is 1.58. The van der Waals surface area contributed by atoms with Crippen molar-refractivity contribution in [3.63, 3.8) is 0 Å². The molecule has 1 heterocycles. The number of nitrogens with two attached hydrogens (primary N) is 1. The zero-order valence-electron chi connectivity index (χ0n) is 8.32. The van der Waals surface area contributed by atoms with E-state index in [0.29, 0.717) is 11.3 Å². The van der Waals surface area contributed by atoms with Gasteiger partial charge in [0.25, 0.3) is 0 Å². The van der Waals surface area contributed by atoms with Crippen molar-refractivity contribution >= 4 is 16.9 Å². The van der Waals surface area contributed by atoms with E-state index >= 15 is 0 Å². The Labute approximate surface area is 86.6 Å². The standard InChI is InChI=1S/C11H11NO3/c1-14-9-4-7-2-3-15-11(7)8(5-9)6-10(12)13/h2-5H,6H2,1H3,(H2,12,13). The molecular formula is C11H11NO3. The van der Waals surface area contributed by atoms with Crippen LogP contribution in [0.15, 0.2) is 28.9 Å². The van der Waals surface area contributed by atoms with E-state index in [9.17, 15) is 4.79 Å². The molecule has 15 heavy (non-hydrogen) atoms. The van der Waals surface area contributed by atoms with Gasteiger partial charge in [-0.25, -0.2) is 0 Å². The summed E-state index contributed by atoms with van der Waals surface area (Å²) in [6, 6.07) is 5.43. The van der Waals surface area contributed by atoms with Crippen LogP contribution in [-0.4, -0.2) is 13.0 Å². The fraction of sp³-hybridized carbons (Fsp3) is 0.182. The molecule has 0 bridgehead atoms. The summed E-state index contributed by atoms with van der Waals surface area (Å²) in [6.45, 7) is 0. The van der Waals surface area contributed by atoms with Crippen molar-refractivity contribution in [2.24, 2.45) is 5.73 Å². The second-order valence-electron chi connectivity index (χ2n) is 3.27. The average molecular weight is 205 g/mol. The highest BCUT2D eigenvalue weighted by Crippen LogP contribution is 2.26. The Morgan fingerprint density at radius 2 is 2.33 bits per heavy atom. The largest absolute Gasteiger partial charge is 0.497 e. The molecule has 0 aliphatic heterocycles. The molecular weight excluding hydrogens is 194 g/mol. The molecule has 78 valence electrons. The van der Waals surface area contributed by atoms with Gasteiger partial charge in [0.15, 0.2) is 0 Å². The first kappa shape index (κ1) is 9.58. The van der Waals surface area contributed by atoms with Crippen LogP contribution in [0.2, 0.25) is 0 Å². The van der Waals surface area contributed by atoms with Crippen LogP contribution in [0.25, 0.3) is 11.0 Å². The Morgan fingerprint density at radius 3 is 3.00 bits per heavy atom. The molecule has 0 unspecified atom stereocenters. The number of methoxy groups -OCH3 is 1. The van der Waals surface area contributed by atoms with Gasteiger partial charge in [-0.2, -0.15) is 0 Å². The molecule has 0 radical (unpaired) electrons. The highest BCUT2D eigenvalue weighted by atomic mass is 16.5. The Hall–Kier alpha value is -1.97. The average Bonchev–Trinajstić information content (AvgIpc) is 2.64. The molecule has 4 heteroatoms. The monoisotopic (exact) mass is 205 g/mol. The lowest BCUT2D eigenvalue weighted by molar-refractivity contribution is -0.117. The van der Waals surface area contributed by atoms with E-state index in [2.05, 4.69) is 0 Å². The lowest BCUT2D eigenvalue weighted by Crippen LogP contribution is -2.13. The Morgan fingerprint density at radius 1 is 1.53 bits per heavy atom. The van der Waals surface area contributed by atoms with Gasteiger partial charge in [-0.3, -0.25) is 4.79 Å². The number of carbonyl (C=O) groups excluding carboxylic acids is 1. The van der Waals surface area contributed by atoms with Crippen molar-refractivity contribution in [2.45, 2.75) is 6.42 Å². The number of rotatable bonds is 3. The molecule has 2 aromatic rings. The molecule has 0 aliphatic carbocycles. The van der Waals surface area contributed by atoms with Crippen molar-refractivity contribution in [2.75, 3.05) is 7.11 Å². The predicted octanol–water partition coefficient (Wildman–Crippen LogP) is 1.47. The summed E-state index contributed by atoms with van der Waals surface area (Å²) in [4.78, 5) is 10.9. The van der Waals surface area contributed by atoms with E-state index in [1.807, 2.05) is 12.1 Å². The van der Waals surface area contributed by atoms with Gasteiger partial charge in [-0.1, -0.05) is 0 Å². The van der Waals surface area contributed by atoms with Crippen molar-refractivity contribution in [1.29, 1.82) is 0 Å². The molecule has 0 atom stereocenters. The summed E-state index contributed by atoms with van der Waals surface area (Å²) >= 11 is 0. The van der Waals surface area contributed by atoms with E-state index in [-0.39, 0.29) is 12.3 Å². The first-order chi connectivity index (χ1) is 7.20. The Kier molecular flexibility index (Phi) is 2.33. The second-order valence-corrected chi connectivity index (χ2v) is 3.27. The first-order valence-corrected chi connectivity index (χ1v) is 4.53. The third-order valence-corrected chi connectivity index (χ3v) is 2.20. The maximum atomic E-state index is 10.9. The van der Waals surface area contributed by atoms with E-state index in [1.165, 1.54) is 0 Å². The second kappa shape index (κ2) is 3.65. The number of hydrogen-bond donors (Lipinski definition) is 1. The third-order valence-electron chi connectivity index (χ3n) is 2.20. The van der Waals surface area contributed by atoms with E-state index in [4.69, 9.17) is 14.9 Å². The lowest BCUT2D eigenvalue weighted by Gasteiger charge is -2.04. The molecule has 2 N–H and O–H groups in total. The summed E-state index contributed by atoms with van der Waals surface area (Å²) < 4.78 is 10.4. The summed E-state index contributed by atoms with van der Waals surface area (Å²) in [5, 5.41) is 0.908. The molecule has 4 nitrogen and oxygen atoms in total. The summed E-state index contributed by atoms with van der Waals surface area (Å²) in [5.74, 6) is 0.307. The van der Waals surface area contributed by atoms with Gasteiger partial charge in [0.2, 0.25) is 5.91 Å². The van der Waals surface area contributed by atoms with Gasteiger partial charge in [-0.05, 0) is 18.2 Å². The highest BCUT2D eigenvalue weighted by molar-refractivity contribution is 5.87. The third kappa shape index (κ3) is 1.79. The predicted molar refractivity (Wildman–Crippen MR) is 55.7 cm³/mol. The minimum absolute atomic E-state index is 0.154. The van der Waals surface area contributed by atoms with Gasteiger partial charge in [-0.15, -0.1) is 0 Å². The van der Waals surface area contributed by atoms with Gasteiger partial charge < -0.3 is 14.9 Å². The van der Waals surface area contributed by atoms with Crippen LogP contribution in [-0.2, 0) is 11.2 Å².